The summed E-state index contributed by atoms with van der Waals surface area (Å²) < 4.78 is 15.6. The fourth-order valence-corrected chi connectivity index (χ4v) is 1.78. The standard InChI is InChI=1S/C9H14N5O4P/c1-2-3-5-11-7(10)6-8(12-5)14-9(13-6)18-4-19(15,16)17/h2-4H2,1H3,(H2,15,16,17)(H3,10,11,12,13,14). The second-order valence-electron chi connectivity index (χ2n) is 3.95. The molecule has 2 heterocycles. The first-order valence-corrected chi connectivity index (χ1v) is 7.38. The highest BCUT2D eigenvalue weighted by atomic mass is 31.2. The molecule has 0 aliphatic carbocycles. The zero-order valence-corrected chi connectivity index (χ0v) is 11.1. The van der Waals surface area contributed by atoms with E-state index >= 15 is 0 Å². The number of aromatic nitrogens is 4. The number of nitrogen functional groups attached to an aromatic ring is 1. The van der Waals surface area contributed by atoms with Crippen LogP contribution in [0.15, 0.2) is 0 Å². The third-order valence-corrected chi connectivity index (χ3v) is 2.71. The molecule has 104 valence electrons. The number of nitrogens with one attached hydrogen (secondary N) is 1. The fraction of sp³-hybridized carbons (Fsp3) is 0.444. The number of hydrogen-bond donors (Lipinski definition) is 4. The molecular formula is C9H14N5O4P. The van der Waals surface area contributed by atoms with Gasteiger partial charge in [0.05, 0.1) is 0 Å². The molecule has 0 spiro atoms. The maximum Gasteiger partial charge on any atom is 0.362 e. The Hall–Kier alpha value is -1.70. The summed E-state index contributed by atoms with van der Waals surface area (Å²) in [6.07, 6.45) is 0.782. The third-order valence-electron chi connectivity index (χ3n) is 2.25. The number of anilines is 1. The highest BCUT2D eigenvalue weighted by Crippen LogP contribution is 2.34. The molecule has 0 aliphatic heterocycles. The summed E-state index contributed by atoms with van der Waals surface area (Å²) >= 11 is 0. The lowest BCUT2D eigenvalue weighted by Crippen LogP contribution is -2.00. The molecule has 19 heavy (non-hydrogen) atoms. The van der Waals surface area contributed by atoms with Gasteiger partial charge in [0.15, 0.2) is 17.8 Å². The first-order chi connectivity index (χ1) is 8.89. The van der Waals surface area contributed by atoms with Crippen molar-refractivity contribution in [2.24, 2.45) is 0 Å². The van der Waals surface area contributed by atoms with E-state index < -0.39 is 13.9 Å². The summed E-state index contributed by atoms with van der Waals surface area (Å²) in [6.45, 7) is 1.99. The number of aryl methyl sites for hydroxylation is 1. The fourth-order valence-electron chi connectivity index (χ4n) is 1.49. The molecule has 10 heteroatoms. The van der Waals surface area contributed by atoms with Gasteiger partial charge in [-0.15, -0.1) is 0 Å². The van der Waals surface area contributed by atoms with E-state index in [4.69, 9.17) is 20.3 Å². The molecule has 0 saturated carbocycles. The molecule has 9 nitrogen and oxygen atoms in total. The minimum atomic E-state index is -4.26. The van der Waals surface area contributed by atoms with Gasteiger partial charge in [0, 0.05) is 6.42 Å². The van der Waals surface area contributed by atoms with Crippen molar-refractivity contribution in [1.29, 1.82) is 0 Å². The van der Waals surface area contributed by atoms with Crippen LogP contribution in [0.2, 0.25) is 0 Å². The van der Waals surface area contributed by atoms with Crippen LogP contribution in [0.3, 0.4) is 0 Å². The molecule has 0 saturated heterocycles. The molecule has 5 N–H and O–H groups in total. The third kappa shape index (κ3) is 3.40. The molecule has 0 fully saturated rings. The average Bonchev–Trinajstić information content (AvgIpc) is 2.69. The lowest BCUT2D eigenvalue weighted by atomic mass is 10.3. The van der Waals surface area contributed by atoms with Gasteiger partial charge in [0.1, 0.15) is 11.3 Å². The van der Waals surface area contributed by atoms with E-state index in [1.165, 1.54) is 0 Å². The van der Waals surface area contributed by atoms with Crippen LogP contribution in [0.25, 0.3) is 11.2 Å². The predicted molar refractivity (Wildman–Crippen MR) is 67.6 cm³/mol. The molecule has 0 bridgehead atoms. The van der Waals surface area contributed by atoms with Gasteiger partial charge in [0.25, 0.3) is 6.01 Å². The van der Waals surface area contributed by atoms with E-state index in [-0.39, 0.29) is 11.8 Å². The zero-order chi connectivity index (χ0) is 14.0. The normalized spacial score (nSPS) is 11.9. The van der Waals surface area contributed by atoms with Crippen molar-refractivity contribution < 1.29 is 19.1 Å². The number of ether oxygens (including phenoxy) is 1. The number of hydrogen-bond acceptors (Lipinski definition) is 6. The molecule has 0 unspecified atom stereocenters. The summed E-state index contributed by atoms with van der Waals surface area (Å²) in [4.78, 5) is 32.4. The van der Waals surface area contributed by atoms with E-state index in [1.54, 1.807) is 0 Å². The van der Waals surface area contributed by atoms with Crippen molar-refractivity contribution in [3.05, 3.63) is 5.82 Å². The van der Waals surface area contributed by atoms with Crippen LogP contribution in [0.1, 0.15) is 19.2 Å². The van der Waals surface area contributed by atoms with Crippen LogP contribution in [-0.4, -0.2) is 36.1 Å². The summed E-state index contributed by atoms with van der Waals surface area (Å²) in [5, 5.41) is 0. The van der Waals surface area contributed by atoms with Gasteiger partial charge in [-0.25, -0.2) is 9.97 Å². The second kappa shape index (κ2) is 5.12. The summed E-state index contributed by atoms with van der Waals surface area (Å²) in [6, 6.07) is -0.0482. The lowest BCUT2D eigenvalue weighted by Gasteiger charge is -2.02. The highest BCUT2D eigenvalue weighted by Gasteiger charge is 2.17. The van der Waals surface area contributed by atoms with Crippen LogP contribution in [0, 0.1) is 0 Å². The molecule has 2 aromatic heterocycles. The Labute approximate surface area is 108 Å². The number of fused-ring (bicyclic) bond motifs is 1. The quantitative estimate of drug-likeness (QED) is 0.578. The Morgan fingerprint density at radius 1 is 1.37 bits per heavy atom. The zero-order valence-electron chi connectivity index (χ0n) is 10.2. The first-order valence-electron chi connectivity index (χ1n) is 5.58. The Morgan fingerprint density at radius 3 is 2.74 bits per heavy atom. The minimum absolute atomic E-state index is 0.0482. The van der Waals surface area contributed by atoms with Crippen molar-refractivity contribution in [2.75, 3.05) is 12.1 Å². The van der Waals surface area contributed by atoms with Crippen LogP contribution in [0.5, 0.6) is 6.01 Å². The van der Waals surface area contributed by atoms with Gasteiger partial charge in [-0.3, -0.25) is 4.57 Å². The lowest BCUT2D eigenvalue weighted by molar-refractivity contribution is 0.289. The van der Waals surface area contributed by atoms with Gasteiger partial charge in [0.2, 0.25) is 0 Å². The molecule has 0 atom stereocenters. The van der Waals surface area contributed by atoms with E-state index in [0.29, 0.717) is 23.4 Å². The number of aromatic amines is 1. The highest BCUT2D eigenvalue weighted by molar-refractivity contribution is 7.51. The number of rotatable bonds is 5. The topological polar surface area (TPSA) is 147 Å². The van der Waals surface area contributed by atoms with Crippen LogP contribution < -0.4 is 10.5 Å². The van der Waals surface area contributed by atoms with Gasteiger partial charge in [-0.2, -0.15) is 4.98 Å². The number of nitrogens with two attached hydrogens (primary N) is 1. The molecule has 2 rings (SSSR count). The van der Waals surface area contributed by atoms with Crippen molar-refractivity contribution in [3.8, 4) is 6.01 Å². The maximum absolute atomic E-state index is 10.7. The molecule has 2 aromatic rings. The Kier molecular flexibility index (Phi) is 3.70. The first kappa shape index (κ1) is 13.7. The smallest absolute Gasteiger partial charge is 0.362 e. The van der Waals surface area contributed by atoms with Gasteiger partial charge < -0.3 is 25.2 Å². The van der Waals surface area contributed by atoms with Crippen LogP contribution in [0.4, 0.5) is 5.82 Å². The molecule has 0 radical (unpaired) electrons. The minimum Gasteiger partial charge on any atom is -0.452 e. The van der Waals surface area contributed by atoms with Crippen LogP contribution >= 0.6 is 7.60 Å². The van der Waals surface area contributed by atoms with E-state index in [1.807, 2.05) is 6.92 Å². The number of nitrogens with zero attached hydrogens (tertiary/aromatic N) is 3. The Morgan fingerprint density at radius 2 is 2.11 bits per heavy atom. The molecule has 0 amide bonds. The van der Waals surface area contributed by atoms with E-state index in [2.05, 4.69) is 19.9 Å². The Bertz CT molecular complexity index is 637. The van der Waals surface area contributed by atoms with E-state index in [9.17, 15) is 4.57 Å². The largest absolute Gasteiger partial charge is 0.452 e. The molecule has 0 aliphatic rings. The van der Waals surface area contributed by atoms with Crippen molar-refractivity contribution >= 4 is 24.6 Å². The van der Waals surface area contributed by atoms with Crippen molar-refractivity contribution in [3.63, 3.8) is 0 Å². The SMILES string of the molecule is CCCc1nc(N)c2[nH]c(OCP(=O)(O)O)nc2n1. The summed E-state index contributed by atoms with van der Waals surface area (Å²) in [5.74, 6) is 0.799. The summed E-state index contributed by atoms with van der Waals surface area (Å²) in [7, 11) is -4.26. The second-order valence-corrected chi connectivity index (χ2v) is 5.54. The predicted octanol–water partition coefficient (Wildman–Crippen LogP) is 0.402. The number of H-pyrrole nitrogens is 1. The van der Waals surface area contributed by atoms with Gasteiger partial charge >= 0.3 is 7.60 Å². The monoisotopic (exact) mass is 287 g/mol. The van der Waals surface area contributed by atoms with Gasteiger partial charge in [-0.05, 0) is 6.42 Å². The maximum atomic E-state index is 10.7. The van der Waals surface area contributed by atoms with E-state index in [0.717, 1.165) is 6.42 Å². The summed E-state index contributed by atoms with van der Waals surface area (Å²) in [5.41, 5.74) is 6.46. The van der Waals surface area contributed by atoms with Crippen LogP contribution in [-0.2, 0) is 11.0 Å². The average molecular weight is 287 g/mol. The van der Waals surface area contributed by atoms with Crippen molar-refractivity contribution in [1.82, 2.24) is 19.9 Å². The molecule has 0 aromatic carbocycles. The van der Waals surface area contributed by atoms with Crippen molar-refractivity contribution in [2.45, 2.75) is 19.8 Å². The molecular weight excluding hydrogens is 273 g/mol. The number of imidazole rings is 1. The van der Waals surface area contributed by atoms with Gasteiger partial charge in [-0.1, -0.05) is 6.92 Å². The Balaban J connectivity index is 2.29.